The van der Waals surface area contributed by atoms with Crippen LogP contribution in [0.2, 0.25) is 0 Å². The molecule has 1 fully saturated rings. The molecule has 4 rings (SSSR count). The molecule has 1 aliphatic rings. The van der Waals surface area contributed by atoms with Crippen LogP contribution in [0.5, 0.6) is 0 Å². The van der Waals surface area contributed by atoms with Gasteiger partial charge in [-0.1, -0.05) is 29.5 Å². The van der Waals surface area contributed by atoms with Crippen molar-refractivity contribution in [2.24, 2.45) is 5.92 Å². The number of amides is 2. The Balaban J connectivity index is 1.35. The van der Waals surface area contributed by atoms with Crippen LogP contribution in [0.25, 0.3) is 10.2 Å². The highest BCUT2D eigenvalue weighted by atomic mass is 32.1. The van der Waals surface area contributed by atoms with Gasteiger partial charge in [0.2, 0.25) is 5.91 Å². The number of nitrogens with zero attached hydrogens (tertiary/aromatic N) is 3. The summed E-state index contributed by atoms with van der Waals surface area (Å²) < 4.78 is 1.05. The fourth-order valence-electron chi connectivity index (χ4n) is 3.13. The summed E-state index contributed by atoms with van der Waals surface area (Å²) in [5.74, 6) is -0.195. The van der Waals surface area contributed by atoms with E-state index in [-0.39, 0.29) is 17.7 Å². The van der Waals surface area contributed by atoms with Gasteiger partial charge >= 0.3 is 0 Å². The van der Waals surface area contributed by atoms with Crippen LogP contribution in [0, 0.1) is 5.92 Å². The third-order valence-corrected chi connectivity index (χ3v) is 5.51. The summed E-state index contributed by atoms with van der Waals surface area (Å²) >= 11 is 1.48. The van der Waals surface area contributed by atoms with Gasteiger partial charge in [0.15, 0.2) is 5.13 Å². The van der Waals surface area contributed by atoms with Gasteiger partial charge in [-0.05, 0) is 37.1 Å². The van der Waals surface area contributed by atoms with Gasteiger partial charge in [0.25, 0.3) is 5.91 Å². The minimum Gasteiger partial charge on any atom is -0.337 e. The van der Waals surface area contributed by atoms with Crippen LogP contribution in [0.3, 0.4) is 0 Å². The molecule has 26 heavy (non-hydrogen) atoms. The van der Waals surface area contributed by atoms with Crippen molar-refractivity contribution in [1.29, 1.82) is 0 Å². The van der Waals surface area contributed by atoms with Gasteiger partial charge in [-0.15, -0.1) is 0 Å². The predicted molar refractivity (Wildman–Crippen MR) is 101 cm³/mol. The Morgan fingerprint density at radius 1 is 1.08 bits per heavy atom. The first-order chi connectivity index (χ1) is 12.7. The predicted octanol–water partition coefficient (Wildman–Crippen LogP) is 3.18. The zero-order valence-corrected chi connectivity index (χ0v) is 14.9. The Bertz CT molecular complexity index is 900. The van der Waals surface area contributed by atoms with Crippen LogP contribution in [-0.4, -0.2) is 39.8 Å². The molecule has 1 N–H and O–H groups in total. The molecule has 0 spiro atoms. The molecule has 1 aromatic carbocycles. The number of pyridine rings is 1. The Kier molecular flexibility index (Phi) is 4.62. The van der Waals surface area contributed by atoms with E-state index in [2.05, 4.69) is 15.3 Å². The first kappa shape index (κ1) is 16.7. The Morgan fingerprint density at radius 3 is 2.58 bits per heavy atom. The highest BCUT2D eigenvalue weighted by Crippen LogP contribution is 2.27. The van der Waals surface area contributed by atoms with Gasteiger partial charge in [-0.25, -0.2) is 4.98 Å². The first-order valence-electron chi connectivity index (χ1n) is 8.57. The van der Waals surface area contributed by atoms with Gasteiger partial charge in [-0.2, -0.15) is 0 Å². The largest absolute Gasteiger partial charge is 0.337 e. The number of carbonyl (C=O) groups is 2. The molecule has 3 aromatic rings. The summed E-state index contributed by atoms with van der Waals surface area (Å²) in [6.07, 6.45) is 2.91. The van der Waals surface area contributed by atoms with Crippen LogP contribution >= 0.6 is 11.3 Å². The number of fused-ring (bicyclic) bond motifs is 1. The number of hydrogen-bond acceptors (Lipinski definition) is 5. The molecule has 7 heteroatoms. The molecule has 6 nitrogen and oxygen atoms in total. The van der Waals surface area contributed by atoms with Crippen LogP contribution in [0.15, 0.2) is 48.7 Å². The van der Waals surface area contributed by atoms with E-state index in [9.17, 15) is 9.59 Å². The third-order valence-electron chi connectivity index (χ3n) is 4.56. The topological polar surface area (TPSA) is 75.2 Å². The van der Waals surface area contributed by atoms with E-state index in [4.69, 9.17) is 0 Å². The normalized spacial score (nSPS) is 15.2. The van der Waals surface area contributed by atoms with Crippen molar-refractivity contribution in [3.63, 3.8) is 0 Å². The standard InChI is InChI=1S/C19H18N4O2S/c24-17(22-19-21-14-5-1-2-7-16(14)26-19)13-8-11-23(12-9-13)18(25)15-6-3-4-10-20-15/h1-7,10,13H,8-9,11-12H2,(H,21,22,24). The van der Waals surface area contributed by atoms with E-state index >= 15 is 0 Å². The van der Waals surface area contributed by atoms with Crippen molar-refractivity contribution in [2.45, 2.75) is 12.8 Å². The minimum atomic E-state index is -0.102. The van der Waals surface area contributed by atoms with Crippen molar-refractivity contribution in [3.05, 3.63) is 54.4 Å². The van der Waals surface area contributed by atoms with Crippen LogP contribution < -0.4 is 5.32 Å². The van der Waals surface area contributed by atoms with Crippen LogP contribution in [0.1, 0.15) is 23.3 Å². The number of para-hydroxylation sites is 1. The number of aromatic nitrogens is 2. The number of carbonyl (C=O) groups excluding carboxylic acids is 2. The maximum absolute atomic E-state index is 12.5. The van der Waals surface area contributed by atoms with E-state index in [1.165, 1.54) is 11.3 Å². The zero-order valence-electron chi connectivity index (χ0n) is 14.1. The molecule has 0 aliphatic carbocycles. The Morgan fingerprint density at radius 2 is 1.85 bits per heavy atom. The van der Waals surface area contributed by atoms with Gasteiger partial charge in [0.05, 0.1) is 10.2 Å². The summed E-state index contributed by atoms with van der Waals surface area (Å²) in [5.41, 5.74) is 1.34. The lowest BCUT2D eigenvalue weighted by Gasteiger charge is -2.30. The van der Waals surface area contributed by atoms with Gasteiger partial charge in [0, 0.05) is 25.2 Å². The molecule has 2 amide bonds. The van der Waals surface area contributed by atoms with E-state index in [0.29, 0.717) is 36.8 Å². The highest BCUT2D eigenvalue weighted by molar-refractivity contribution is 7.22. The number of thiazole rings is 1. The average Bonchev–Trinajstić information content (AvgIpc) is 3.10. The summed E-state index contributed by atoms with van der Waals surface area (Å²) in [6, 6.07) is 13.1. The lowest BCUT2D eigenvalue weighted by atomic mass is 9.96. The van der Waals surface area contributed by atoms with Crippen LogP contribution in [0.4, 0.5) is 5.13 Å². The van der Waals surface area contributed by atoms with E-state index in [1.807, 2.05) is 24.3 Å². The molecular formula is C19H18N4O2S. The number of piperidine rings is 1. The molecule has 0 unspecified atom stereocenters. The quantitative estimate of drug-likeness (QED) is 0.772. The summed E-state index contributed by atoms with van der Waals surface area (Å²) in [7, 11) is 0. The van der Waals surface area contributed by atoms with Crippen molar-refractivity contribution in [2.75, 3.05) is 18.4 Å². The fraction of sp³-hybridized carbons (Fsp3) is 0.263. The van der Waals surface area contributed by atoms with Crippen LogP contribution in [-0.2, 0) is 4.79 Å². The van der Waals surface area contributed by atoms with Crippen molar-refractivity contribution in [1.82, 2.24) is 14.9 Å². The lowest BCUT2D eigenvalue weighted by molar-refractivity contribution is -0.121. The Hall–Kier alpha value is -2.80. The maximum atomic E-state index is 12.5. The number of anilines is 1. The average molecular weight is 366 g/mol. The van der Waals surface area contributed by atoms with Crippen molar-refractivity contribution < 1.29 is 9.59 Å². The number of benzene rings is 1. The molecule has 0 saturated carbocycles. The minimum absolute atomic E-state index is 0.0195. The van der Waals surface area contributed by atoms with E-state index < -0.39 is 0 Å². The SMILES string of the molecule is O=C(Nc1nc2ccccc2s1)C1CCN(C(=O)c2ccccn2)CC1. The smallest absolute Gasteiger partial charge is 0.272 e. The van der Waals surface area contributed by atoms with E-state index in [1.54, 1.807) is 29.3 Å². The molecule has 1 saturated heterocycles. The molecule has 0 atom stereocenters. The second-order valence-electron chi connectivity index (χ2n) is 6.26. The van der Waals surface area contributed by atoms with Gasteiger partial charge < -0.3 is 10.2 Å². The molecule has 1 aliphatic heterocycles. The summed E-state index contributed by atoms with van der Waals surface area (Å²) in [4.78, 5) is 35.3. The summed E-state index contributed by atoms with van der Waals surface area (Å²) in [5, 5.41) is 3.56. The summed E-state index contributed by atoms with van der Waals surface area (Å²) in [6.45, 7) is 1.13. The molecular weight excluding hydrogens is 348 g/mol. The van der Waals surface area contributed by atoms with Crippen molar-refractivity contribution in [3.8, 4) is 0 Å². The third kappa shape index (κ3) is 3.43. The molecule has 2 aromatic heterocycles. The van der Waals surface area contributed by atoms with E-state index in [0.717, 1.165) is 10.2 Å². The van der Waals surface area contributed by atoms with Gasteiger partial charge in [-0.3, -0.25) is 14.6 Å². The second kappa shape index (κ2) is 7.21. The maximum Gasteiger partial charge on any atom is 0.272 e. The lowest BCUT2D eigenvalue weighted by Crippen LogP contribution is -2.41. The fourth-order valence-corrected chi connectivity index (χ4v) is 4.00. The number of likely N-dealkylation sites (tertiary alicyclic amines) is 1. The number of nitrogens with one attached hydrogen (secondary N) is 1. The van der Waals surface area contributed by atoms with Crippen molar-refractivity contribution >= 4 is 38.5 Å². The molecule has 0 radical (unpaired) electrons. The zero-order chi connectivity index (χ0) is 17.9. The number of rotatable bonds is 3. The number of hydrogen-bond donors (Lipinski definition) is 1. The monoisotopic (exact) mass is 366 g/mol. The molecule has 3 heterocycles. The Labute approximate surface area is 154 Å². The molecule has 132 valence electrons. The first-order valence-corrected chi connectivity index (χ1v) is 9.39. The van der Waals surface area contributed by atoms with Gasteiger partial charge in [0.1, 0.15) is 5.69 Å². The highest BCUT2D eigenvalue weighted by Gasteiger charge is 2.28. The second-order valence-corrected chi connectivity index (χ2v) is 7.29. The molecule has 0 bridgehead atoms.